The van der Waals surface area contributed by atoms with E-state index in [0.717, 1.165) is 0 Å². The molecule has 1 aromatic heterocycles. The molecule has 7 nitrogen and oxygen atoms in total. The maximum absolute atomic E-state index is 11.0. The summed E-state index contributed by atoms with van der Waals surface area (Å²) in [5.74, 6) is 0.406. The van der Waals surface area contributed by atoms with Gasteiger partial charge in [-0.15, -0.1) is 0 Å². The van der Waals surface area contributed by atoms with Gasteiger partial charge in [-0.25, -0.2) is 4.68 Å². The molecular weight excluding hydrogens is 236 g/mol. The number of rotatable bonds is 6. The second kappa shape index (κ2) is 5.34. The zero-order valence-electron chi connectivity index (χ0n) is 11.2. The Labute approximate surface area is 106 Å². The van der Waals surface area contributed by atoms with E-state index in [0.29, 0.717) is 24.5 Å². The maximum atomic E-state index is 11.0. The molecule has 102 valence electrons. The predicted molar refractivity (Wildman–Crippen MR) is 68.6 cm³/mol. The van der Waals surface area contributed by atoms with Crippen molar-refractivity contribution >= 4 is 11.5 Å². The smallest absolute Gasteiger partial charge is 0.333 e. The molecule has 18 heavy (non-hydrogen) atoms. The summed E-state index contributed by atoms with van der Waals surface area (Å²) in [7, 11) is 1.67. The Morgan fingerprint density at radius 2 is 2.17 bits per heavy atom. The van der Waals surface area contributed by atoms with Gasteiger partial charge in [0.1, 0.15) is 5.69 Å². The Balaban J connectivity index is 2.88. The van der Waals surface area contributed by atoms with Crippen molar-refractivity contribution in [2.45, 2.75) is 27.2 Å². The first-order valence-electron chi connectivity index (χ1n) is 5.81. The average molecular weight is 256 g/mol. The quantitative estimate of drug-likeness (QED) is 0.593. The second-order valence-electron chi connectivity index (χ2n) is 5.15. The van der Waals surface area contributed by atoms with E-state index in [9.17, 15) is 10.1 Å². The highest BCUT2D eigenvalue weighted by Crippen LogP contribution is 2.29. The fraction of sp³-hybridized carbons (Fsp3) is 0.727. The molecule has 0 fully saturated rings. The molecule has 2 N–H and O–H groups in total. The molecule has 0 aromatic carbocycles. The molecule has 1 heterocycles. The van der Waals surface area contributed by atoms with Crippen LogP contribution in [0, 0.1) is 22.5 Å². The number of anilines is 1. The van der Waals surface area contributed by atoms with Gasteiger partial charge in [0.05, 0.1) is 4.92 Å². The van der Waals surface area contributed by atoms with Crippen LogP contribution in [-0.2, 0) is 7.05 Å². The van der Waals surface area contributed by atoms with E-state index in [1.165, 1.54) is 4.68 Å². The molecule has 0 radical (unpaired) electrons. The van der Waals surface area contributed by atoms with Gasteiger partial charge in [-0.2, -0.15) is 5.10 Å². The highest BCUT2D eigenvalue weighted by atomic mass is 16.6. The van der Waals surface area contributed by atoms with Crippen molar-refractivity contribution in [2.75, 3.05) is 18.5 Å². The van der Waals surface area contributed by atoms with Crippen LogP contribution in [-0.4, -0.2) is 33.0 Å². The number of hydrogen-bond acceptors (Lipinski definition) is 5. The van der Waals surface area contributed by atoms with E-state index >= 15 is 0 Å². The van der Waals surface area contributed by atoms with E-state index in [2.05, 4.69) is 10.4 Å². The van der Waals surface area contributed by atoms with Crippen molar-refractivity contribution in [3.8, 4) is 0 Å². The molecule has 0 unspecified atom stereocenters. The van der Waals surface area contributed by atoms with Gasteiger partial charge in [0.15, 0.2) is 0 Å². The normalized spacial score (nSPS) is 11.6. The molecule has 0 aliphatic heterocycles. The summed E-state index contributed by atoms with van der Waals surface area (Å²) in [6.07, 6.45) is 0.630. The lowest BCUT2D eigenvalue weighted by Crippen LogP contribution is -2.25. The van der Waals surface area contributed by atoms with Crippen molar-refractivity contribution in [1.29, 1.82) is 0 Å². The molecule has 1 aromatic rings. The number of aliphatic hydroxyl groups is 1. The van der Waals surface area contributed by atoms with Gasteiger partial charge in [0.2, 0.25) is 5.82 Å². The van der Waals surface area contributed by atoms with Gasteiger partial charge in [-0.05, 0) is 18.8 Å². The molecule has 0 saturated heterocycles. The number of hydrogen-bond donors (Lipinski definition) is 2. The lowest BCUT2D eigenvalue weighted by atomic mass is 9.90. The minimum Gasteiger partial charge on any atom is -0.396 e. The third-order valence-corrected chi connectivity index (χ3v) is 2.90. The standard InChI is InChI=1S/C11H20N4O3/c1-8-9(15(17)18)10(14(4)13-8)12-7-11(2,3)5-6-16/h12,16H,5-7H2,1-4H3. The molecule has 0 aliphatic rings. The molecule has 0 atom stereocenters. The van der Waals surface area contributed by atoms with Gasteiger partial charge in [-0.3, -0.25) is 10.1 Å². The zero-order valence-corrected chi connectivity index (χ0v) is 11.2. The number of aromatic nitrogens is 2. The lowest BCUT2D eigenvalue weighted by molar-refractivity contribution is -0.384. The van der Waals surface area contributed by atoms with Crippen molar-refractivity contribution < 1.29 is 10.0 Å². The number of nitro groups is 1. The first-order valence-corrected chi connectivity index (χ1v) is 5.81. The Kier molecular flexibility index (Phi) is 4.28. The number of aliphatic hydroxyl groups excluding tert-OH is 1. The van der Waals surface area contributed by atoms with Crippen LogP contribution in [0.15, 0.2) is 0 Å². The van der Waals surface area contributed by atoms with Gasteiger partial charge >= 0.3 is 5.69 Å². The maximum Gasteiger partial charge on any atom is 0.333 e. The third-order valence-electron chi connectivity index (χ3n) is 2.90. The monoisotopic (exact) mass is 256 g/mol. The molecule has 0 spiro atoms. The van der Waals surface area contributed by atoms with Crippen LogP contribution in [0.25, 0.3) is 0 Å². The molecule has 0 saturated carbocycles. The second-order valence-corrected chi connectivity index (χ2v) is 5.15. The summed E-state index contributed by atoms with van der Waals surface area (Å²) in [6.45, 7) is 6.23. The Hall–Kier alpha value is -1.63. The Bertz CT molecular complexity index is 440. The first-order chi connectivity index (χ1) is 8.28. The predicted octanol–water partition coefficient (Wildman–Crippen LogP) is 1.46. The topological polar surface area (TPSA) is 93.2 Å². The van der Waals surface area contributed by atoms with E-state index in [4.69, 9.17) is 5.11 Å². The summed E-state index contributed by atoms with van der Waals surface area (Å²) in [6, 6.07) is 0. The zero-order chi connectivity index (χ0) is 13.9. The minimum absolute atomic E-state index is 0.0114. The van der Waals surface area contributed by atoms with Crippen LogP contribution >= 0.6 is 0 Å². The SMILES string of the molecule is Cc1nn(C)c(NCC(C)(C)CCO)c1[N+](=O)[O-]. The van der Waals surface area contributed by atoms with Gasteiger partial charge in [0, 0.05) is 20.2 Å². The van der Waals surface area contributed by atoms with Crippen LogP contribution in [0.4, 0.5) is 11.5 Å². The Morgan fingerprint density at radius 3 is 2.67 bits per heavy atom. The summed E-state index contributed by atoms with van der Waals surface area (Å²) in [5, 5.41) is 27.0. The Morgan fingerprint density at radius 1 is 1.56 bits per heavy atom. The summed E-state index contributed by atoms with van der Waals surface area (Å²) < 4.78 is 1.47. The number of nitrogens with one attached hydrogen (secondary N) is 1. The van der Waals surface area contributed by atoms with Crippen molar-refractivity contribution in [2.24, 2.45) is 12.5 Å². The van der Waals surface area contributed by atoms with Crippen LogP contribution in [0.2, 0.25) is 0 Å². The van der Waals surface area contributed by atoms with Crippen LogP contribution in [0.3, 0.4) is 0 Å². The van der Waals surface area contributed by atoms with Crippen molar-refractivity contribution in [3.05, 3.63) is 15.8 Å². The van der Waals surface area contributed by atoms with Gasteiger partial charge in [0.25, 0.3) is 0 Å². The first kappa shape index (κ1) is 14.4. The summed E-state index contributed by atoms with van der Waals surface area (Å²) in [4.78, 5) is 10.6. The molecule has 1 rings (SSSR count). The van der Waals surface area contributed by atoms with Crippen LogP contribution in [0.1, 0.15) is 26.0 Å². The molecule has 0 bridgehead atoms. The minimum atomic E-state index is -0.427. The number of nitrogens with zero attached hydrogens (tertiary/aromatic N) is 3. The average Bonchev–Trinajstić information content (AvgIpc) is 2.50. The highest BCUT2D eigenvalue weighted by molar-refractivity contribution is 5.59. The van der Waals surface area contributed by atoms with E-state index in [-0.39, 0.29) is 17.7 Å². The van der Waals surface area contributed by atoms with Crippen LogP contribution in [0.5, 0.6) is 0 Å². The fourth-order valence-electron chi connectivity index (χ4n) is 1.78. The lowest BCUT2D eigenvalue weighted by Gasteiger charge is -2.24. The molecule has 7 heteroatoms. The van der Waals surface area contributed by atoms with E-state index < -0.39 is 4.92 Å². The highest BCUT2D eigenvalue weighted by Gasteiger charge is 2.26. The third kappa shape index (κ3) is 3.19. The fourth-order valence-corrected chi connectivity index (χ4v) is 1.78. The largest absolute Gasteiger partial charge is 0.396 e. The summed E-state index contributed by atoms with van der Waals surface area (Å²) in [5.41, 5.74) is 0.267. The van der Waals surface area contributed by atoms with Crippen molar-refractivity contribution in [3.63, 3.8) is 0 Å². The van der Waals surface area contributed by atoms with Crippen molar-refractivity contribution in [1.82, 2.24) is 9.78 Å². The van der Waals surface area contributed by atoms with E-state index in [1.54, 1.807) is 14.0 Å². The van der Waals surface area contributed by atoms with E-state index in [1.807, 2.05) is 13.8 Å². The molecule has 0 amide bonds. The number of aryl methyl sites for hydroxylation is 2. The van der Waals surface area contributed by atoms with Gasteiger partial charge < -0.3 is 10.4 Å². The summed E-state index contributed by atoms with van der Waals surface area (Å²) >= 11 is 0. The van der Waals surface area contributed by atoms with Gasteiger partial charge in [-0.1, -0.05) is 13.8 Å². The molecular formula is C11H20N4O3. The molecule has 0 aliphatic carbocycles. The van der Waals surface area contributed by atoms with Crippen LogP contribution < -0.4 is 5.32 Å².